The number of halogens is 1. The molecule has 0 aliphatic carbocycles. The fourth-order valence-electron chi connectivity index (χ4n) is 1.73. The number of aryl methyl sites for hydroxylation is 1. The molecule has 2 aromatic rings. The zero-order valence-corrected chi connectivity index (χ0v) is 12.8. The molecular weight excluding hydrogens is 311 g/mol. The molecule has 22 heavy (non-hydrogen) atoms. The van der Waals surface area contributed by atoms with Crippen molar-refractivity contribution in [2.75, 3.05) is 5.32 Å². The van der Waals surface area contributed by atoms with Gasteiger partial charge in [-0.25, -0.2) is 12.8 Å². The van der Waals surface area contributed by atoms with Crippen LogP contribution in [0.15, 0.2) is 41.4 Å². The van der Waals surface area contributed by atoms with Gasteiger partial charge in [-0.3, -0.25) is 9.48 Å². The number of carbonyl (C=O) groups is 1. The van der Waals surface area contributed by atoms with Crippen LogP contribution in [-0.2, 0) is 21.9 Å². The molecule has 0 radical (unpaired) electrons. The summed E-state index contributed by atoms with van der Waals surface area (Å²) in [5, 5.41) is 6.41. The lowest BCUT2D eigenvalue weighted by Crippen LogP contribution is -2.41. The van der Waals surface area contributed by atoms with Crippen LogP contribution >= 0.6 is 0 Å². The lowest BCUT2D eigenvalue weighted by atomic mass is 10.3. The van der Waals surface area contributed by atoms with E-state index >= 15 is 0 Å². The summed E-state index contributed by atoms with van der Waals surface area (Å²) in [6, 6.07) is 5.41. The first-order chi connectivity index (χ1) is 10.3. The van der Waals surface area contributed by atoms with Crippen molar-refractivity contribution in [3.63, 3.8) is 0 Å². The molecule has 0 bridgehead atoms. The van der Waals surface area contributed by atoms with E-state index in [0.29, 0.717) is 5.82 Å². The van der Waals surface area contributed by atoms with E-state index in [2.05, 4.69) is 15.1 Å². The van der Waals surface area contributed by atoms with Gasteiger partial charge in [0.2, 0.25) is 15.9 Å². The Morgan fingerprint density at radius 1 is 1.32 bits per heavy atom. The average Bonchev–Trinajstić information content (AvgIpc) is 2.83. The molecule has 0 aliphatic heterocycles. The maximum atomic E-state index is 13.6. The number of anilines is 1. The fraction of sp³-hybridized carbons (Fsp3) is 0.231. The summed E-state index contributed by atoms with van der Waals surface area (Å²) in [6.07, 6.45) is 1.63. The van der Waals surface area contributed by atoms with Crippen LogP contribution in [0.2, 0.25) is 0 Å². The molecule has 1 atom stereocenters. The summed E-state index contributed by atoms with van der Waals surface area (Å²) in [5.41, 5.74) is 0. The Hall–Kier alpha value is -2.26. The molecule has 1 heterocycles. The van der Waals surface area contributed by atoms with E-state index in [1.165, 1.54) is 23.7 Å². The van der Waals surface area contributed by atoms with Crippen molar-refractivity contribution >= 4 is 21.7 Å². The molecular formula is C13H15FN4O3S. The highest BCUT2D eigenvalue weighted by Gasteiger charge is 2.24. The number of sulfonamides is 1. The van der Waals surface area contributed by atoms with Gasteiger partial charge in [-0.05, 0) is 19.1 Å². The Balaban J connectivity index is 2.09. The maximum absolute atomic E-state index is 13.6. The smallest absolute Gasteiger partial charge is 0.244 e. The Bertz CT molecular complexity index is 788. The van der Waals surface area contributed by atoms with E-state index < -0.39 is 32.7 Å². The highest BCUT2D eigenvalue weighted by molar-refractivity contribution is 7.89. The molecule has 118 valence electrons. The van der Waals surface area contributed by atoms with Gasteiger partial charge in [-0.1, -0.05) is 12.1 Å². The fourth-order valence-corrected chi connectivity index (χ4v) is 3.01. The standard InChI is InChI=1S/C13H15FN4O3S/c1-9(13(19)15-12-7-8-18(2)16-12)17-22(20,21)11-6-4-3-5-10(11)14/h3-9,17H,1-2H3,(H,15,16,19)/t9-/m1/s1. The second-order valence-electron chi connectivity index (χ2n) is 4.64. The van der Waals surface area contributed by atoms with Crippen molar-refractivity contribution in [3.8, 4) is 0 Å². The van der Waals surface area contributed by atoms with Gasteiger partial charge in [0.05, 0.1) is 6.04 Å². The molecule has 0 spiro atoms. The molecule has 0 saturated heterocycles. The summed E-state index contributed by atoms with van der Waals surface area (Å²) >= 11 is 0. The Morgan fingerprint density at radius 3 is 2.59 bits per heavy atom. The van der Waals surface area contributed by atoms with E-state index in [1.54, 1.807) is 19.3 Å². The first-order valence-corrected chi connectivity index (χ1v) is 7.85. The van der Waals surface area contributed by atoms with Gasteiger partial charge in [0.1, 0.15) is 10.7 Å². The third-order valence-electron chi connectivity index (χ3n) is 2.82. The number of aromatic nitrogens is 2. The molecule has 7 nitrogen and oxygen atoms in total. The van der Waals surface area contributed by atoms with Gasteiger partial charge in [-0.2, -0.15) is 9.82 Å². The van der Waals surface area contributed by atoms with E-state index in [9.17, 15) is 17.6 Å². The van der Waals surface area contributed by atoms with Crippen LogP contribution in [0.1, 0.15) is 6.92 Å². The first-order valence-electron chi connectivity index (χ1n) is 6.37. The number of amides is 1. The second-order valence-corrected chi connectivity index (χ2v) is 6.32. The summed E-state index contributed by atoms with van der Waals surface area (Å²) in [6.45, 7) is 1.36. The Morgan fingerprint density at radius 2 is 2.00 bits per heavy atom. The number of rotatable bonds is 5. The first kappa shape index (κ1) is 16.1. The normalized spacial score (nSPS) is 12.9. The van der Waals surface area contributed by atoms with Crippen LogP contribution in [0, 0.1) is 5.82 Å². The number of hydrogen-bond donors (Lipinski definition) is 2. The summed E-state index contributed by atoms with van der Waals surface area (Å²) in [4.78, 5) is 11.4. The molecule has 0 unspecified atom stereocenters. The monoisotopic (exact) mass is 326 g/mol. The van der Waals surface area contributed by atoms with Gasteiger partial charge < -0.3 is 5.32 Å². The van der Waals surface area contributed by atoms with Crippen LogP contribution in [0.4, 0.5) is 10.2 Å². The van der Waals surface area contributed by atoms with E-state index in [4.69, 9.17) is 0 Å². The maximum Gasteiger partial charge on any atom is 0.244 e. The SMILES string of the molecule is C[C@@H](NS(=O)(=O)c1ccccc1F)C(=O)Nc1ccn(C)n1. The Labute approximate surface area is 127 Å². The van der Waals surface area contributed by atoms with Gasteiger partial charge in [-0.15, -0.1) is 0 Å². The van der Waals surface area contributed by atoms with E-state index in [-0.39, 0.29) is 0 Å². The van der Waals surface area contributed by atoms with Crippen molar-refractivity contribution in [1.29, 1.82) is 0 Å². The minimum atomic E-state index is -4.13. The molecule has 0 aliphatic rings. The quantitative estimate of drug-likeness (QED) is 0.852. The number of hydrogen-bond acceptors (Lipinski definition) is 4. The molecule has 1 aromatic carbocycles. The van der Waals surface area contributed by atoms with Crippen molar-refractivity contribution in [2.45, 2.75) is 17.9 Å². The van der Waals surface area contributed by atoms with Crippen LogP contribution in [-0.4, -0.2) is 30.1 Å². The predicted molar refractivity (Wildman–Crippen MR) is 78.0 cm³/mol. The lowest BCUT2D eigenvalue weighted by molar-refractivity contribution is -0.117. The van der Waals surface area contributed by atoms with Gasteiger partial charge in [0, 0.05) is 19.3 Å². The van der Waals surface area contributed by atoms with Crippen molar-refractivity contribution < 1.29 is 17.6 Å². The van der Waals surface area contributed by atoms with Crippen LogP contribution in [0.25, 0.3) is 0 Å². The largest absolute Gasteiger partial charge is 0.308 e. The predicted octanol–water partition coefficient (Wildman–Crippen LogP) is 0.865. The second kappa shape index (κ2) is 6.24. The van der Waals surface area contributed by atoms with Gasteiger partial charge in [0.15, 0.2) is 5.82 Å². The zero-order valence-electron chi connectivity index (χ0n) is 11.9. The van der Waals surface area contributed by atoms with Crippen molar-refractivity contribution in [3.05, 3.63) is 42.3 Å². The highest BCUT2D eigenvalue weighted by Crippen LogP contribution is 2.14. The van der Waals surface area contributed by atoms with Crippen LogP contribution < -0.4 is 10.0 Å². The summed E-state index contributed by atoms with van der Waals surface area (Å²) in [5.74, 6) is -1.18. The van der Waals surface area contributed by atoms with Crippen molar-refractivity contribution in [2.24, 2.45) is 7.05 Å². The molecule has 9 heteroatoms. The van der Waals surface area contributed by atoms with Crippen LogP contribution in [0.3, 0.4) is 0 Å². The summed E-state index contributed by atoms with van der Waals surface area (Å²) in [7, 11) is -2.45. The van der Waals surface area contributed by atoms with E-state index in [1.807, 2.05) is 0 Å². The zero-order chi connectivity index (χ0) is 16.3. The molecule has 0 saturated carbocycles. The topological polar surface area (TPSA) is 93.1 Å². The van der Waals surface area contributed by atoms with E-state index in [0.717, 1.165) is 12.1 Å². The highest BCUT2D eigenvalue weighted by atomic mass is 32.2. The molecule has 1 amide bonds. The minimum absolute atomic E-state index is 0.296. The number of nitrogens with one attached hydrogen (secondary N) is 2. The third kappa shape index (κ3) is 3.68. The van der Waals surface area contributed by atoms with Gasteiger partial charge >= 0.3 is 0 Å². The third-order valence-corrected chi connectivity index (χ3v) is 4.39. The number of carbonyl (C=O) groups excluding carboxylic acids is 1. The van der Waals surface area contributed by atoms with Gasteiger partial charge in [0.25, 0.3) is 0 Å². The van der Waals surface area contributed by atoms with Crippen LogP contribution in [0.5, 0.6) is 0 Å². The summed E-state index contributed by atoms with van der Waals surface area (Å²) < 4.78 is 41.3. The Kier molecular flexibility index (Phi) is 4.57. The minimum Gasteiger partial charge on any atom is -0.308 e. The number of nitrogens with zero attached hydrogens (tertiary/aromatic N) is 2. The van der Waals surface area contributed by atoms with Crippen molar-refractivity contribution in [1.82, 2.24) is 14.5 Å². The molecule has 2 rings (SSSR count). The molecule has 2 N–H and O–H groups in total. The molecule has 1 aromatic heterocycles. The molecule has 0 fully saturated rings. The number of benzene rings is 1. The lowest BCUT2D eigenvalue weighted by Gasteiger charge is -2.13. The average molecular weight is 326 g/mol.